The Morgan fingerprint density at radius 3 is 2.48 bits per heavy atom. The van der Waals surface area contributed by atoms with Crippen LogP contribution in [0.5, 0.6) is 5.75 Å². The van der Waals surface area contributed by atoms with Gasteiger partial charge >= 0.3 is 0 Å². The summed E-state index contributed by atoms with van der Waals surface area (Å²) in [5.74, 6) is -0.822. The monoisotopic (exact) mass is 439 g/mol. The molecule has 0 spiro atoms. The number of hydrogen-bond acceptors (Lipinski definition) is 4. The smallest absolute Gasteiger partial charge is 0.271 e. The van der Waals surface area contributed by atoms with E-state index >= 15 is 0 Å². The molecule has 2 amide bonds. The van der Waals surface area contributed by atoms with Crippen LogP contribution in [0.25, 0.3) is 0 Å². The maximum atomic E-state index is 12.9. The van der Waals surface area contributed by atoms with Gasteiger partial charge in [-0.1, -0.05) is 29.3 Å². The molecule has 0 bridgehead atoms. The van der Waals surface area contributed by atoms with Gasteiger partial charge in [0.15, 0.2) is 6.61 Å². The van der Waals surface area contributed by atoms with Crippen molar-refractivity contribution in [2.75, 3.05) is 11.9 Å². The highest BCUT2D eigenvalue weighted by atomic mass is 35.5. The van der Waals surface area contributed by atoms with Gasteiger partial charge in [-0.05, 0) is 61.5 Å². The van der Waals surface area contributed by atoms with Crippen LogP contribution in [0.15, 0.2) is 71.8 Å². The lowest BCUT2D eigenvalue weighted by Gasteiger charge is -2.10. The predicted octanol–water partition coefficient (Wildman–Crippen LogP) is 4.57. The number of carbonyl (C=O) groups is 2. The van der Waals surface area contributed by atoms with Crippen LogP contribution >= 0.6 is 11.6 Å². The van der Waals surface area contributed by atoms with Gasteiger partial charge in [-0.3, -0.25) is 9.59 Å². The third-order valence-corrected chi connectivity index (χ3v) is 4.38. The number of hydrogen-bond donors (Lipinski definition) is 2. The summed E-state index contributed by atoms with van der Waals surface area (Å²) in [7, 11) is 0. The van der Waals surface area contributed by atoms with E-state index in [1.807, 2.05) is 19.1 Å². The third-order valence-electron chi connectivity index (χ3n) is 4.14. The van der Waals surface area contributed by atoms with E-state index in [0.29, 0.717) is 27.6 Å². The van der Waals surface area contributed by atoms with Crippen LogP contribution in [0, 0.1) is 12.7 Å². The van der Waals surface area contributed by atoms with Crippen molar-refractivity contribution in [2.45, 2.75) is 6.92 Å². The van der Waals surface area contributed by atoms with Gasteiger partial charge in [0.25, 0.3) is 11.8 Å². The molecule has 2 N–H and O–H groups in total. The standard InChI is InChI=1S/C23H19ClFN3O3/c1-15-2-4-16(5-3-15)23(30)28-26-13-17-12-18(24)6-11-21(17)31-14-22(29)27-20-9-7-19(25)8-10-20/h2-13H,14H2,1H3,(H,27,29)(H,28,30)/b26-13+. The van der Waals surface area contributed by atoms with Gasteiger partial charge in [0.05, 0.1) is 6.21 Å². The van der Waals surface area contributed by atoms with Crippen molar-refractivity contribution in [3.05, 3.63) is 94.3 Å². The quantitative estimate of drug-likeness (QED) is 0.418. The minimum Gasteiger partial charge on any atom is -0.483 e. The number of halogens is 2. The molecule has 0 radical (unpaired) electrons. The number of hydrazone groups is 1. The van der Waals surface area contributed by atoms with Gasteiger partial charge in [0.1, 0.15) is 11.6 Å². The Balaban J connectivity index is 1.61. The van der Waals surface area contributed by atoms with E-state index in [1.54, 1.807) is 30.3 Å². The third kappa shape index (κ3) is 6.65. The van der Waals surface area contributed by atoms with E-state index in [2.05, 4.69) is 15.8 Å². The van der Waals surface area contributed by atoms with Crippen molar-refractivity contribution in [1.29, 1.82) is 0 Å². The number of benzene rings is 3. The fraction of sp³-hybridized carbons (Fsp3) is 0.0870. The normalized spacial score (nSPS) is 10.7. The summed E-state index contributed by atoms with van der Waals surface area (Å²) in [4.78, 5) is 24.2. The Morgan fingerprint density at radius 2 is 1.77 bits per heavy atom. The van der Waals surface area contributed by atoms with E-state index in [0.717, 1.165) is 5.56 Å². The van der Waals surface area contributed by atoms with Crippen molar-refractivity contribution in [3.8, 4) is 5.75 Å². The van der Waals surface area contributed by atoms with Gasteiger partial charge in [0.2, 0.25) is 0 Å². The molecule has 0 aromatic heterocycles. The zero-order valence-electron chi connectivity index (χ0n) is 16.6. The number of nitrogens with one attached hydrogen (secondary N) is 2. The number of anilines is 1. The van der Waals surface area contributed by atoms with Crippen molar-refractivity contribution >= 4 is 35.3 Å². The highest BCUT2D eigenvalue weighted by molar-refractivity contribution is 6.30. The summed E-state index contributed by atoms with van der Waals surface area (Å²) in [6.07, 6.45) is 1.38. The molecule has 0 aliphatic carbocycles. The summed E-state index contributed by atoms with van der Waals surface area (Å²) in [6.45, 7) is 1.65. The van der Waals surface area contributed by atoms with Crippen LogP contribution in [-0.2, 0) is 4.79 Å². The number of aryl methyl sites for hydroxylation is 1. The Bertz CT molecular complexity index is 1100. The molecule has 8 heteroatoms. The minimum atomic E-state index is -0.419. The lowest BCUT2D eigenvalue weighted by molar-refractivity contribution is -0.118. The van der Waals surface area contributed by atoms with Crippen molar-refractivity contribution in [1.82, 2.24) is 5.43 Å². The average molecular weight is 440 g/mol. The first kappa shape index (κ1) is 22.0. The molecule has 31 heavy (non-hydrogen) atoms. The second-order valence-electron chi connectivity index (χ2n) is 6.59. The Labute approximate surface area is 183 Å². The summed E-state index contributed by atoms with van der Waals surface area (Å²) >= 11 is 6.04. The van der Waals surface area contributed by atoms with E-state index in [4.69, 9.17) is 16.3 Å². The highest BCUT2D eigenvalue weighted by Gasteiger charge is 2.08. The summed E-state index contributed by atoms with van der Waals surface area (Å²) in [6, 6.07) is 17.3. The number of amides is 2. The zero-order chi connectivity index (χ0) is 22.2. The molecular weight excluding hydrogens is 421 g/mol. The van der Waals surface area contributed by atoms with Crippen molar-refractivity contribution in [2.24, 2.45) is 5.10 Å². The van der Waals surface area contributed by atoms with Gasteiger partial charge in [-0.25, -0.2) is 9.82 Å². The predicted molar refractivity (Wildman–Crippen MR) is 118 cm³/mol. The van der Waals surface area contributed by atoms with Gasteiger partial charge in [-0.15, -0.1) is 0 Å². The molecular formula is C23H19ClFN3O3. The SMILES string of the molecule is Cc1ccc(C(=O)N/N=C/c2cc(Cl)ccc2OCC(=O)Nc2ccc(F)cc2)cc1. The summed E-state index contributed by atoms with van der Waals surface area (Å²) < 4.78 is 18.5. The molecule has 158 valence electrons. The minimum absolute atomic E-state index is 0.282. The molecule has 3 rings (SSSR count). The van der Waals surface area contributed by atoms with Crippen LogP contribution in [-0.4, -0.2) is 24.6 Å². The Morgan fingerprint density at radius 1 is 1.06 bits per heavy atom. The number of ether oxygens (including phenoxy) is 1. The van der Waals surface area contributed by atoms with Gasteiger partial charge in [0, 0.05) is 21.8 Å². The van der Waals surface area contributed by atoms with E-state index in [-0.39, 0.29) is 12.5 Å². The average Bonchev–Trinajstić information content (AvgIpc) is 2.75. The summed E-state index contributed by atoms with van der Waals surface area (Å²) in [5, 5.41) is 6.99. The van der Waals surface area contributed by atoms with Gasteiger partial charge < -0.3 is 10.1 Å². The molecule has 0 saturated heterocycles. The largest absolute Gasteiger partial charge is 0.483 e. The second kappa shape index (κ2) is 10.4. The molecule has 0 saturated carbocycles. The lowest BCUT2D eigenvalue weighted by Crippen LogP contribution is -2.20. The first-order valence-corrected chi connectivity index (χ1v) is 9.66. The zero-order valence-corrected chi connectivity index (χ0v) is 17.3. The lowest BCUT2D eigenvalue weighted by atomic mass is 10.1. The fourth-order valence-electron chi connectivity index (χ4n) is 2.56. The van der Waals surface area contributed by atoms with Crippen molar-refractivity contribution in [3.63, 3.8) is 0 Å². The van der Waals surface area contributed by atoms with Gasteiger partial charge in [-0.2, -0.15) is 5.10 Å². The second-order valence-corrected chi connectivity index (χ2v) is 7.03. The highest BCUT2D eigenvalue weighted by Crippen LogP contribution is 2.21. The van der Waals surface area contributed by atoms with Crippen LogP contribution in [0.3, 0.4) is 0 Å². The first-order valence-electron chi connectivity index (χ1n) is 9.28. The Hall–Kier alpha value is -3.71. The number of carbonyl (C=O) groups excluding carboxylic acids is 2. The fourth-order valence-corrected chi connectivity index (χ4v) is 2.74. The maximum absolute atomic E-state index is 12.9. The topological polar surface area (TPSA) is 79.8 Å². The molecule has 0 aliphatic heterocycles. The number of nitrogens with zero attached hydrogens (tertiary/aromatic N) is 1. The molecule has 0 fully saturated rings. The molecule has 0 atom stereocenters. The van der Waals surface area contributed by atoms with E-state index in [1.165, 1.54) is 30.5 Å². The first-order chi connectivity index (χ1) is 14.9. The number of rotatable bonds is 7. The van der Waals surface area contributed by atoms with Crippen molar-refractivity contribution < 1.29 is 18.7 Å². The molecule has 6 nitrogen and oxygen atoms in total. The molecule has 3 aromatic carbocycles. The van der Waals surface area contributed by atoms with Crippen LogP contribution < -0.4 is 15.5 Å². The van der Waals surface area contributed by atoms with Crippen LogP contribution in [0.1, 0.15) is 21.5 Å². The molecule has 0 unspecified atom stereocenters. The van der Waals surface area contributed by atoms with E-state index < -0.39 is 11.7 Å². The molecule has 0 heterocycles. The van der Waals surface area contributed by atoms with Crippen LogP contribution in [0.2, 0.25) is 5.02 Å². The molecule has 0 aliphatic rings. The Kier molecular flexibility index (Phi) is 7.35. The van der Waals surface area contributed by atoms with E-state index in [9.17, 15) is 14.0 Å². The molecule has 3 aromatic rings. The van der Waals surface area contributed by atoms with Crippen LogP contribution in [0.4, 0.5) is 10.1 Å². The maximum Gasteiger partial charge on any atom is 0.271 e. The summed E-state index contributed by atoms with van der Waals surface area (Å²) in [5.41, 5.74) is 4.89.